The number of nitrogens with one attached hydrogen (secondary N) is 1. The first-order valence-electron chi connectivity index (χ1n) is 5.70. The van der Waals surface area contributed by atoms with Crippen LogP contribution in [0.2, 0.25) is 5.02 Å². The first kappa shape index (κ1) is 10.2. The summed E-state index contributed by atoms with van der Waals surface area (Å²) >= 11 is 6.13. The molecule has 16 heavy (non-hydrogen) atoms. The van der Waals surface area contributed by atoms with Gasteiger partial charge in [0.05, 0.1) is 34.6 Å². The van der Waals surface area contributed by atoms with Crippen molar-refractivity contribution in [3.8, 4) is 0 Å². The van der Waals surface area contributed by atoms with Crippen LogP contribution in [0.3, 0.4) is 0 Å². The van der Waals surface area contributed by atoms with Gasteiger partial charge in [-0.3, -0.25) is 0 Å². The van der Waals surface area contributed by atoms with Gasteiger partial charge in [-0.25, -0.2) is 0 Å². The van der Waals surface area contributed by atoms with Crippen molar-refractivity contribution in [1.82, 2.24) is 0 Å². The van der Waals surface area contributed by atoms with Crippen molar-refractivity contribution in [2.45, 2.75) is 37.5 Å². The second kappa shape index (κ2) is 3.82. The molecule has 86 valence electrons. The quantitative estimate of drug-likeness (QED) is 0.779. The van der Waals surface area contributed by atoms with Crippen LogP contribution in [0.1, 0.15) is 19.3 Å². The van der Waals surface area contributed by atoms with Crippen LogP contribution in [0.4, 0.5) is 11.4 Å². The molecule has 2 bridgehead atoms. The molecule has 1 aromatic rings. The SMILES string of the molecule is Nc1cccc(Cl)c1NC1CC2CCC1O2. The third-order valence-corrected chi connectivity index (χ3v) is 3.80. The van der Waals surface area contributed by atoms with Gasteiger partial charge >= 0.3 is 0 Å². The summed E-state index contributed by atoms with van der Waals surface area (Å²) < 4.78 is 5.79. The number of anilines is 2. The smallest absolute Gasteiger partial charge is 0.0781 e. The summed E-state index contributed by atoms with van der Waals surface area (Å²) in [6.07, 6.45) is 4.18. The Hall–Kier alpha value is -0.930. The van der Waals surface area contributed by atoms with E-state index in [4.69, 9.17) is 22.1 Å². The van der Waals surface area contributed by atoms with Crippen LogP contribution in [-0.2, 0) is 4.74 Å². The third kappa shape index (κ3) is 1.64. The summed E-state index contributed by atoms with van der Waals surface area (Å²) in [5, 5.41) is 4.11. The number of nitrogen functional groups attached to an aromatic ring is 1. The molecule has 2 saturated heterocycles. The highest BCUT2D eigenvalue weighted by molar-refractivity contribution is 6.33. The van der Waals surface area contributed by atoms with Gasteiger partial charge in [0.2, 0.25) is 0 Å². The van der Waals surface area contributed by atoms with Crippen molar-refractivity contribution in [3.05, 3.63) is 23.2 Å². The standard InChI is InChI=1S/C12H15ClN2O/c13-8-2-1-3-9(14)12(8)15-10-6-7-4-5-11(10)16-7/h1-3,7,10-11,15H,4-6,14H2. The molecule has 0 spiro atoms. The Balaban J connectivity index is 1.79. The lowest BCUT2D eigenvalue weighted by Crippen LogP contribution is -2.30. The topological polar surface area (TPSA) is 47.3 Å². The molecule has 1 aromatic carbocycles. The predicted molar refractivity (Wildman–Crippen MR) is 65.8 cm³/mol. The van der Waals surface area contributed by atoms with E-state index in [9.17, 15) is 0 Å². The van der Waals surface area contributed by atoms with Gasteiger partial charge in [0.25, 0.3) is 0 Å². The summed E-state index contributed by atoms with van der Waals surface area (Å²) in [5.41, 5.74) is 7.47. The van der Waals surface area contributed by atoms with E-state index in [1.165, 1.54) is 6.42 Å². The highest BCUT2D eigenvalue weighted by Crippen LogP contribution is 2.38. The summed E-state index contributed by atoms with van der Waals surface area (Å²) in [6.45, 7) is 0. The second-order valence-corrected chi connectivity index (χ2v) is 4.97. The Labute approximate surface area is 99.9 Å². The maximum Gasteiger partial charge on any atom is 0.0781 e. The molecule has 0 radical (unpaired) electrons. The molecule has 4 heteroatoms. The average Bonchev–Trinajstić information content (AvgIpc) is 2.85. The number of halogens is 1. The Bertz CT molecular complexity index is 390. The molecule has 3 atom stereocenters. The van der Waals surface area contributed by atoms with Crippen molar-refractivity contribution in [1.29, 1.82) is 0 Å². The number of nitrogens with two attached hydrogens (primary N) is 1. The summed E-state index contributed by atoms with van der Waals surface area (Å²) in [7, 11) is 0. The lowest BCUT2D eigenvalue weighted by atomic mass is 9.95. The monoisotopic (exact) mass is 238 g/mol. The molecule has 2 aliphatic rings. The zero-order valence-electron chi connectivity index (χ0n) is 8.95. The first-order chi connectivity index (χ1) is 7.74. The summed E-state index contributed by atoms with van der Waals surface area (Å²) in [6, 6.07) is 5.94. The van der Waals surface area contributed by atoms with E-state index in [1.807, 2.05) is 18.2 Å². The zero-order chi connectivity index (χ0) is 11.1. The van der Waals surface area contributed by atoms with Crippen LogP contribution in [0.15, 0.2) is 18.2 Å². The molecule has 2 aliphatic heterocycles. The Kier molecular flexibility index (Phi) is 2.45. The van der Waals surface area contributed by atoms with Gasteiger partial charge in [-0.1, -0.05) is 17.7 Å². The zero-order valence-corrected chi connectivity index (χ0v) is 9.70. The number of ether oxygens (including phenoxy) is 1. The number of para-hydroxylation sites is 1. The largest absolute Gasteiger partial charge is 0.397 e. The van der Waals surface area contributed by atoms with Gasteiger partial charge in [0.15, 0.2) is 0 Å². The number of fused-ring (bicyclic) bond motifs is 2. The number of benzene rings is 1. The van der Waals surface area contributed by atoms with Crippen molar-refractivity contribution >= 4 is 23.0 Å². The van der Waals surface area contributed by atoms with Crippen LogP contribution < -0.4 is 11.1 Å². The molecule has 3 unspecified atom stereocenters. The Morgan fingerprint density at radius 3 is 2.88 bits per heavy atom. The maximum atomic E-state index is 6.13. The Morgan fingerprint density at radius 2 is 2.25 bits per heavy atom. The first-order valence-corrected chi connectivity index (χ1v) is 6.08. The van der Waals surface area contributed by atoms with E-state index in [0.717, 1.165) is 18.5 Å². The fourth-order valence-electron chi connectivity index (χ4n) is 2.67. The molecular formula is C12H15ClN2O. The summed E-state index contributed by atoms with van der Waals surface area (Å²) in [4.78, 5) is 0. The van der Waals surface area contributed by atoms with E-state index in [1.54, 1.807) is 0 Å². The second-order valence-electron chi connectivity index (χ2n) is 4.56. The van der Waals surface area contributed by atoms with Gasteiger partial charge in [-0.15, -0.1) is 0 Å². The molecule has 0 aromatic heterocycles. The van der Waals surface area contributed by atoms with E-state index in [0.29, 0.717) is 29.0 Å². The molecule has 0 aliphatic carbocycles. The minimum atomic E-state index is 0.334. The minimum Gasteiger partial charge on any atom is -0.397 e. The number of hydrogen-bond donors (Lipinski definition) is 2. The summed E-state index contributed by atoms with van der Waals surface area (Å²) in [5.74, 6) is 0. The van der Waals surface area contributed by atoms with Crippen molar-refractivity contribution < 1.29 is 4.74 Å². The lowest BCUT2D eigenvalue weighted by molar-refractivity contribution is 0.102. The van der Waals surface area contributed by atoms with E-state index in [-0.39, 0.29) is 0 Å². The lowest BCUT2D eigenvalue weighted by Gasteiger charge is -2.22. The van der Waals surface area contributed by atoms with E-state index in [2.05, 4.69) is 5.32 Å². The minimum absolute atomic E-state index is 0.334. The highest BCUT2D eigenvalue weighted by atomic mass is 35.5. The van der Waals surface area contributed by atoms with Crippen molar-refractivity contribution in [3.63, 3.8) is 0 Å². The van der Waals surface area contributed by atoms with Crippen LogP contribution >= 0.6 is 11.6 Å². The normalized spacial score (nSPS) is 31.9. The van der Waals surface area contributed by atoms with Gasteiger partial charge in [0, 0.05) is 0 Å². The Morgan fingerprint density at radius 1 is 1.38 bits per heavy atom. The molecule has 2 heterocycles. The van der Waals surface area contributed by atoms with Gasteiger partial charge in [-0.05, 0) is 31.4 Å². The predicted octanol–water partition coefficient (Wildman–Crippen LogP) is 2.65. The molecule has 0 saturated carbocycles. The molecule has 2 fully saturated rings. The number of hydrogen-bond acceptors (Lipinski definition) is 3. The number of rotatable bonds is 2. The van der Waals surface area contributed by atoms with Crippen LogP contribution in [0.5, 0.6) is 0 Å². The average molecular weight is 239 g/mol. The highest BCUT2D eigenvalue weighted by Gasteiger charge is 2.40. The van der Waals surface area contributed by atoms with Crippen LogP contribution in [0.25, 0.3) is 0 Å². The van der Waals surface area contributed by atoms with E-state index >= 15 is 0 Å². The van der Waals surface area contributed by atoms with Gasteiger partial charge < -0.3 is 15.8 Å². The molecule has 3 N–H and O–H groups in total. The van der Waals surface area contributed by atoms with Crippen LogP contribution in [0, 0.1) is 0 Å². The maximum absolute atomic E-state index is 6.13. The van der Waals surface area contributed by atoms with Crippen molar-refractivity contribution in [2.75, 3.05) is 11.1 Å². The van der Waals surface area contributed by atoms with Gasteiger partial charge in [-0.2, -0.15) is 0 Å². The molecule has 3 rings (SSSR count). The van der Waals surface area contributed by atoms with Gasteiger partial charge in [0.1, 0.15) is 0 Å². The molecule has 0 amide bonds. The third-order valence-electron chi connectivity index (χ3n) is 3.48. The molecular weight excluding hydrogens is 224 g/mol. The fraction of sp³-hybridized carbons (Fsp3) is 0.500. The van der Waals surface area contributed by atoms with Crippen LogP contribution in [-0.4, -0.2) is 18.2 Å². The fourth-order valence-corrected chi connectivity index (χ4v) is 2.90. The van der Waals surface area contributed by atoms with Crippen molar-refractivity contribution in [2.24, 2.45) is 0 Å². The molecule has 3 nitrogen and oxygen atoms in total. The van der Waals surface area contributed by atoms with E-state index < -0.39 is 0 Å².